The Hall–Kier alpha value is -2.63. The van der Waals surface area contributed by atoms with Crippen molar-refractivity contribution < 1.29 is 38.1 Å². The van der Waals surface area contributed by atoms with E-state index >= 15 is 0 Å². The van der Waals surface area contributed by atoms with Crippen molar-refractivity contribution in [2.75, 3.05) is 7.11 Å². The first-order valence-corrected chi connectivity index (χ1v) is 11.4. The van der Waals surface area contributed by atoms with E-state index in [2.05, 4.69) is 20.9 Å². The molecule has 0 radical (unpaired) electrons. The summed E-state index contributed by atoms with van der Waals surface area (Å²) in [6, 6.07) is -1.57. The molecule has 12 heteroatoms. The first kappa shape index (κ1) is 29.4. The molecule has 0 aliphatic heterocycles. The van der Waals surface area contributed by atoms with Crippen LogP contribution in [0.15, 0.2) is 12.5 Å². The number of hydrogen-bond donors (Lipinski definition) is 0. The van der Waals surface area contributed by atoms with E-state index in [0.29, 0.717) is 4.90 Å². The van der Waals surface area contributed by atoms with Crippen LogP contribution in [-0.4, -0.2) is 68.7 Å². The number of hydrogen-bond acceptors (Lipinski definition) is 9. The molecule has 192 valence electrons. The second kappa shape index (κ2) is 10.7. The summed E-state index contributed by atoms with van der Waals surface area (Å²) in [6.45, 7) is 14.8. The standard InChI is InChI=1S/C22H34BrN3O8/c1-20(2,3)32-17(28)25-11-13(24-12-25)14(23)15(16(27)31-10)26(18(29)33-21(4,5)6)19(30)34-22(7,8)9/h11-12,14-15H,1-10H3/t14-,15-/m0/s1. The number of esters is 1. The van der Waals surface area contributed by atoms with Gasteiger partial charge in [0.2, 0.25) is 0 Å². The molecule has 34 heavy (non-hydrogen) atoms. The molecule has 0 N–H and O–H groups in total. The summed E-state index contributed by atoms with van der Waals surface area (Å²) < 4.78 is 21.9. The highest BCUT2D eigenvalue weighted by atomic mass is 79.9. The summed E-state index contributed by atoms with van der Waals surface area (Å²) in [5, 5.41) is 0. The fourth-order valence-electron chi connectivity index (χ4n) is 2.46. The van der Waals surface area contributed by atoms with Gasteiger partial charge in [-0.25, -0.2) is 28.7 Å². The molecule has 0 fully saturated rings. The third-order valence-electron chi connectivity index (χ3n) is 3.67. The lowest BCUT2D eigenvalue weighted by atomic mass is 10.1. The molecule has 2 amide bonds. The van der Waals surface area contributed by atoms with Crippen LogP contribution in [-0.2, 0) is 23.7 Å². The Labute approximate surface area is 208 Å². The molecule has 0 unspecified atom stereocenters. The largest absolute Gasteiger partial charge is 0.467 e. The number of carbonyl (C=O) groups is 4. The van der Waals surface area contributed by atoms with E-state index in [9.17, 15) is 19.2 Å². The zero-order valence-corrected chi connectivity index (χ0v) is 22.9. The molecular formula is C22H34BrN3O8. The highest BCUT2D eigenvalue weighted by molar-refractivity contribution is 9.09. The second-order valence-corrected chi connectivity index (χ2v) is 11.4. The van der Waals surface area contributed by atoms with Crippen molar-refractivity contribution >= 4 is 40.2 Å². The number of alkyl halides is 1. The summed E-state index contributed by atoms with van der Waals surface area (Å²) in [6.07, 6.45) is -0.429. The van der Waals surface area contributed by atoms with Crippen LogP contribution < -0.4 is 0 Å². The van der Waals surface area contributed by atoms with Crippen molar-refractivity contribution in [3.63, 3.8) is 0 Å². The summed E-state index contributed by atoms with van der Waals surface area (Å²) in [5.74, 6) is -0.939. The van der Waals surface area contributed by atoms with Gasteiger partial charge in [-0.2, -0.15) is 4.90 Å². The first-order chi connectivity index (χ1) is 15.3. The molecule has 0 saturated heterocycles. The molecule has 0 aromatic carbocycles. The van der Waals surface area contributed by atoms with Gasteiger partial charge in [-0.15, -0.1) is 0 Å². The average Bonchev–Trinajstić information content (AvgIpc) is 3.10. The molecule has 0 saturated carbocycles. The number of aromatic nitrogens is 2. The van der Waals surface area contributed by atoms with Crippen molar-refractivity contribution in [1.29, 1.82) is 0 Å². The number of imide groups is 1. The summed E-state index contributed by atoms with van der Waals surface area (Å²) in [7, 11) is 1.11. The van der Waals surface area contributed by atoms with Gasteiger partial charge < -0.3 is 18.9 Å². The van der Waals surface area contributed by atoms with Crippen LogP contribution in [0, 0.1) is 0 Å². The van der Waals surface area contributed by atoms with Gasteiger partial charge in [-0.05, 0) is 62.3 Å². The fourth-order valence-corrected chi connectivity index (χ4v) is 3.15. The van der Waals surface area contributed by atoms with E-state index in [4.69, 9.17) is 18.9 Å². The highest BCUT2D eigenvalue weighted by Crippen LogP contribution is 2.32. The van der Waals surface area contributed by atoms with Crippen LogP contribution in [0.3, 0.4) is 0 Å². The topological polar surface area (TPSA) is 126 Å². The van der Waals surface area contributed by atoms with Crippen molar-refractivity contribution in [3.05, 3.63) is 18.2 Å². The zero-order valence-electron chi connectivity index (χ0n) is 21.3. The van der Waals surface area contributed by atoms with Crippen LogP contribution in [0.5, 0.6) is 0 Å². The molecular weight excluding hydrogens is 514 g/mol. The zero-order chi connectivity index (χ0) is 26.6. The Morgan fingerprint density at radius 3 is 1.71 bits per heavy atom. The smallest absolute Gasteiger partial charge is 0.420 e. The minimum absolute atomic E-state index is 0.151. The number of methoxy groups -OCH3 is 1. The van der Waals surface area contributed by atoms with Crippen molar-refractivity contribution in [3.8, 4) is 0 Å². The van der Waals surface area contributed by atoms with Gasteiger partial charge in [0.15, 0.2) is 6.04 Å². The molecule has 0 aliphatic rings. The van der Waals surface area contributed by atoms with E-state index in [1.807, 2.05) is 0 Å². The Kier molecular flexibility index (Phi) is 9.29. The summed E-state index contributed by atoms with van der Waals surface area (Å²) in [5.41, 5.74) is -2.54. The number of halogens is 1. The number of nitrogens with zero attached hydrogens (tertiary/aromatic N) is 3. The molecule has 0 aliphatic carbocycles. The quantitative estimate of drug-likeness (QED) is 0.296. The van der Waals surface area contributed by atoms with Crippen LogP contribution in [0.2, 0.25) is 0 Å². The monoisotopic (exact) mass is 547 g/mol. The Bertz CT molecular complexity index is 880. The Balaban J connectivity index is 3.45. The normalized spacial score (nSPS) is 14.0. The lowest BCUT2D eigenvalue weighted by Crippen LogP contribution is -2.53. The third kappa shape index (κ3) is 8.96. The molecule has 0 bridgehead atoms. The molecule has 11 nitrogen and oxygen atoms in total. The van der Waals surface area contributed by atoms with Gasteiger partial charge in [0.1, 0.15) is 23.1 Å². The van der Waals surface area contributed by atoms with Gasteiger partial charge >= 0.3 is 24.2 Å². The summed E-state index contributed by atoms with van der Waals surface area (Å²) in [4.78, 5) is 54.8. The number of carbonyl (C=O) groups excluding carboxylic acids is 4. The van der Waals surface area contributed by atoms with Crippen LogP contribution in [0.25, 0.3) is 0 Å². The fraction of sp³-hybridized carbons (Fsp3) is 0.682. The first-order valence-electron chi connectivity index (χ1n) is 10.5. The van der Waals surface area contributed by atoms with Gasteiger partial charge in [-0.1, -0.05) is 15.9 Å². The van der Waals surface area contributed by atoms with Crippen molar-refractivity contribution in [2.24, 2.45) is 0 Å². The molecule has 1 heterocycles. The lowest BCUT2D eigenvalue weighted by Gasteiger charge is -2.33. The number of rotatable bonds is 4. The lowest BCUT2D eigenvalue weighted by molar-refractivity contribution is -0.146. The maximum atomic E-state index is 13.0. The number of amides is 2. The molecule has 1 aromatic rings. The van der Waals surface area contributed by atoms with E-state index in [1.165, 1.54) is 12.5 Å². The van der Waals surface area contributed by atoms with E-state index in [-0.39, 0.29) is 5.69 Å². The maximum Gasteiger partial charge on any atom is 0.420 e. The predicted molar refractivity (Wildman–Crippen MR) is 126 cm³/mol. The Morgan fingerprint density at radius 2 is 1.32 bits per heavy atom. The molecule has 1 aromatic heterocycles. The minimum Gasteiger partial charge on any atom is -0.467 e. The molecule has 2 atom stereocenters. The molecule has 1 rings (SSSR count). The SMILES string of the molecule is COC(=O)[C@H]([C@@H](Br)c1cn(C(=O)OC(C)(C)C)cn1)N(C(=O)OC(C)(C)C)C(=O)OC(C)(C)C. The van der Waals surface area contributed by atoms with E-state index < -0.39 is 51.9 Å². The van der Waals surface area contributed by atoms with Crippen LogP contribution in [0.1, 0.15) is 72.8 Å². The average molecular weight is 548 g/mol. The van der Waals surface area contributed by atoms with Gasteiger partial charge in [0.05, 0.1) is 17.6 Å². The number of imidazole rings is 1. The number of ether oxygens (including phenoxy) is 4. The molecule has 0 spiro atoms. The van der Waals surface area contributed by atoms with Crippen molar-refractivity contribution in [2.45, 2.75) is 90.0 Å². The van der Waals surface area contributed by atoms with Crippen LogP contribution in [0.4, 0.5) is 14.4 Å². The van der Waals surface area contributed by atoms with Crippen molar-refractivity contribution in [1.82, 2.24) is 14.5 Å². The van der Waals surface area contributed by atoms with Gasteiger partial charge in [0, 0.05) is 6.20 Å². The van der Waals surface area contributed by atoms with Crippen LogP contribution >= 0.6 is 15.9 Å². The van der Waals surface area contributed by atoms with E-state index in [0.717, 1.165) is 11.7 Å². The summed E-state index contributed by atoms with van der Waals surface area (Å²) >= 11 is 3.33. The predicted octanol–water partition coefficient (Wildman–Crippen LogP) is 4.82. The third-order valence-corrected chi connectivity index (χ3v) is 4.64. The minimum atomic E-state index is -1.57. The second-order valence-electron chi connectivity index (χ2n) is 10.4. The van der Waals surface area contributed by atoms with Gasteiger partial charge in [0.25, 0.3) is 0 Å². The van der Waals surface area contributed by atoms with Gasteiger partial charge in [-0.3, -0.25) is 0 Å². The Morgan fingerprint density at radius 1 is 0.882 bits per heavy atom. The highest BCUT2D eigenvalue weighted by Gasteiger charge is 2.45. The maximum absolute atomic E-state index is 13.0. The van der Waals surface area contributed by atoms with E-state index in [1.54, 1.807) is 62.3 Å².